The van der Waals surface area contributed by atoms with Gasteiger partial charge in [-0.25, -0.2) is 0 Å². The highest BCUT2D eigenvalue weighted by molar-refractivity contribution is 6.69. The van der Waals surface area contributed by atoms with Crippen molar-refractivity contribution in [3.63, 3.8) is 0 Å². The molecule has 0 aliphatic rings. The molecule has 1 nitrogen and oxygen atoms in total. The van der Waals surface area contributed by atoms with Crippen LogP contribution in [-0.4, -0.2) is 8.32 Å². The van der Waals surface area contributed by atoms with E-state index < -0.39 is 8.32 Å². The summed E-state index contributed by atoms with van der Waals surface area (Å²) in [6.07, 6.45) is 0.166. The second-order valence-corrected chi connectivity index (χ2v) is 9.32. The fourth-order valence-electron chi connectivity index (χ4n) is 1.33. The van der Waals surface area contributed by atoms with Crippen LogP contribution >= 0.6 is 11.6 Å². The summed E-state index contributed by atoms with van der Waals surface area (Å²) in [5.74, 6) is 0. The van der Waals surface area contributed by atoms with Crippen molar-refractivity contribution >= 4 is 19.9 Å². The van der Waals surface area contributed by atoms with Crippen molar-refractivity contribution in [1.29, 1.82) is 0 Å². The van der Waals surface area contributed by atoms with Gasteiger partial charge in [-0.15, -0.1) is 0 Å². The third-order valence-electron chi connectivity index (χ3n) is 1.87. The van der Waals surface area contributed by atoms with Crippen LogP contribution in [0, 0.1) is 0 Å². The normalized spacial score (nSPS) is 14.1. The van der Waals surface area contributed by atoms with Crippen LogP contribution in [0.15, 0.2) is 24.3 Å². The topological polar surface area (TPSA) is 9.23 Å². The molecule has 1 aromatic carbocycles. The standard InChI is InChI=1S/C11H17ClOSi/c1-9(13-14(2,3)4)10-5-7-11(12)8-6-10/h5-9H,1-4H3. The van der Waals surface area contributed by atoms with Gasteiger partial charge in [0.1, 0.15) is 0 Å². The summed E-state index contributed by atoms with van der Waals surface area (Å²) in [5.41, 5.74) is 1.19. The van der Waals surface area contributed by atoms with Crippen LogP contribution in [0.25, 0.3) is 0 Å². The molecule has 78 valence electrons. The summed E-state index contributed by atoms with van der Waals surface area (Å²) in [4.78, 5) is 0. The van der Waals surface area contributed by atoms with Gasteiger partial charge in [0.05, 0.1) is 6.10 Å². The van der Waals surface area contributed by atoms with Crippen molar-refractivity contribution in [3.8, 4) is 0 Å². The summed E-state index contributed by atoms with van der Waals surface area (Å²) in [7, 11) is -1.45. The van der Waals surface area contributed by atoms with Crippen LogP contribution in [-0.2, 0) is 4.43 Å². The first-order chi connectivity index (χ1) is 6.38. The van der Waals surface area contributed by atoms with Crippen molar-refractivity contribution in [2.45, 2.75) is 32.7 Å². The zero-order valence-electron chi connectivity index (χ0n) is 9.17. The van der Waals surface area contributed by atoms with Gasteiger partial charge in [-0.05, 0) is 44.3 Å². The molecule has 0 N–H and O–H groups in total. The highest BCUT2D eigenvalue weighted by Crippen LogP contribution is 2.22. The Kier molecular flexibility index (Phi) is 3.76. The molecule has 0 bridgehead atoms. The predicted octanol–water partition coefficient (Wildman–Crippen LogP) is 4.25. The first-order valence-electron chi connectivity index (χ1n) is 4.82. The van der Waals surface area contributed by atoms with Crippen LogP contribution in [0.3, 0.4) is 0 Å². The van der Waals surface area contributed by atoms with Crippen LogP contribution < -0.4 is 0 Å². The van der Waals surface area contributed by atoms with E-state index in [2.05, 4.69) is 26.6 Å². The maximum absolute atomic E-state index is 5.96. The molecule has 1 unspecified atom stereocenters. The molecular weight excluding hydrogens is 212 g/mol. The van der Waals surface area contributed by atoms with Gasteiger partial charge in [-0.3, -0.25) is 0 Å². The summed E-state index contributed by atoms with van der Waals surface area (Å²) >= 11 is 5.82. The molecule has 0 aromatic heterocycles. The van der Waals surface area contributed by atoms with Crippen molar-refractivity contribution in [2.24, 2.45) is 0 Å². The number of hydrogen-bond donors (Lipinski definition) is 0. The molecule has 1 atom stereocenters. The Morgan fingerprint density at radius 3 is 2.07 bits per heavy atom. The monoisotopic (exact) mass is 228 g/mol. The molecule has 3 heteroatoms. The Morgan fingerprint density at radius 2 is 1.64 bits per heavy atom. The smallest absolute Gasteiger partial charge is 0.184 e. The van der Waals surface area contributed by atoms with E-state index in [0.29, 0.717) is 0 Å². The summed E-state index contributed by atoms with van der Waals surface area (Å²) in [6, 6.07) is 7.85. The van der Waals surface area contributed by atoms with Gasteiger partial charge in [-0.1, -0.05) is 23.7 Å². The lowest BCUT2D eigenvalue weighted by molar-refractivity contribution is 0.219. The van der Waals surface area contributed by atoms with Gasteiger partial charge in [0.25, 0.3) is 0 Å². The molecule has 0 spiro atoms. The second kappa shape index (κ2) is 4.47. The Hall–Kier alpha value is -0.313. The Labute approximate surface area is 92.2 Å². The number of hydrogen-bond acceptors (Lipinski definition) is 1. The Bertz CT molecular complexity index is 289. The molecule has 0 saturated carbocycles. The van der Waals surface area contributed by atoms with E-state index in [1.165, 1.54) is 5.56 Å². The number of halogens is 1. The molecule has 0 aliphatic heterocycles. The molecule has 1 rings (SSSR count). The quantitative estimate of drug-likeness (QED) is 0.703. The molecule has 0 radical (unpaired) electrons. The Balaban J connectivity index is 2.70. The predicted molar refractivity (Wildman–Crippen MR) is 64.3 cm³/mol. The van der Waals surface area contributed by atoms with Gasteiger partial charge in [0.2, 0.25) is 0 Å². The first-order valence-corrected chi connectivity index (χ1v) is 8.60. The average Bonchev–Trinajstić information content (AvgIpc) is 2.02. The minimum absolute atomic E-state index is 0.166. The lowest BCUT2D eigenvalue weighted by Crippen LogP contribution is -2.26. The van der Waals surface area contributed by atoms with Crippen LogP contribution in [0.2, 0.25) is 24.7 Å². The average molecular weight is 229 g/mol. The van der Waals surface area contributed by atoms with Gasteiger partial charge in [-0.2, -0.15) is 0 Å². The first kappa shape index (κ1) is 11.8. The number of rotatable bonds is 3. The van der Waals surface area contributed by atoms with E-state index in [4.69, 9.17) is 16.0 Å². The maximum Gasteiger partial charge on any atom is 0.184 e. The molecule has 0 amide bonds. The lowest BCUT2D eigenvalue weighted by Gasteiger charge is -2.23. The third-order valence-corrected chi connectivity index (χ3v) is 3.18. The van der Waals surface area contributed by atoms with Crippen molar-refractivity contribution in [3.05, 3.63) is 34.9 Å². The molecule has 1 aromatic rings. The molecule has 0 heterocycles. The van der Waals surface area contributed by atoms with Crippen LogP contribution in [0.4, 0.5) is 0 Å². The highest BCUT2D eigenvalue weighted by atomic mass is 35.5. The van der Waals surface area contributed by atoms with Crippen LogP contribution in [0.5, 0.6) is 0 Å². The summed E-state index contributed by atoms with van der Waals surface area (Å²) < 4.78 is 5.96. The summed E-state index contributed by atoms with van der Waals surface area (Å²) in [5, 5.41) is 0.772. The van der Waals surface area contributed by atoms with Crippen molar-refractivity contribution < 1.29 is 4.43 Å². The maximum atomic E-state index is 5.96. The zero-order valence-corrected chi connectivity index (χ0v) is 10.9. The number of benzene rings is 1. The van der Waals surface area contributed by atoms with Gasteiger partial charge < -0.3 is 4.43 Å². The van der Waals surface area contributed by atoms with Crippen molar-refractivity contribution in [1.82, 2.24) is 0 Å². The largest absolute Gasteiger partial charge is 0.411 e. The van der Waals surface area contributed by atoms with E-state index in [9.17, 15) is 0 Å². The van der Waals surface area contributed by atoms with Gasteiger partial charge in [0, 0.05) is 5.02 Å². The molecule has 14 heavy (non-hydrogen) atoms. The van der Waals surface area contributed by atoms with E-state index in [1.807, 2.05) is 24.3 Å². The van der Waals surface area contributed by atoms with Gasteiger partial charge in [0.15, 0.2) is 8.32 Å². The van der Waals surface area contributed by atoms with Crippen molar-refractivity contribution in [2.75, 3.05) is 0 Å². The van der Waals surface area contributed by atoms with E-state index >= 15 is 0 Å². The van der Waals surface area contributed by atoms with E-state index in [-0.39, 0.29) is 6.10 Å². The minimum Gasteiger partial charge on any atom is -0.411 e. The zero-order chi connectivity index (χ0) is 10.8. The third kappa shape index (κ3) is 3.82. The van der Waals surface area contributed by atoms with E-state index in [0.717, 1.165) is 5.02 Å². The molecule has 0 saturated heterocycles. The van der Waals surface area contributed by atoms with E-state index in [1.54, 1.807) is 0 Å². The fourth-order valence-corrected chi connectivity index (χ4v) is 2.65. The second-order valence-electron chi connectivity index (χ2n) is 4.42. The molecule has 0 aliphatic carbocycles. The minimum atomic E-state index is -1.45. The fraction of sp³-hybridized carbons (Fsp3) is 0.455. The molecule has 0 fully saturated rings. The lowest BCUT2D eigenvalue weighted by atomic mass is 10.1. The van der Waals surface area contributed by atoms with Crippen LogP contribution in [0.1, 0.15) is 18.6 Å². The summed E-state index contributed by atoms with van der Waals surface area (Å²) in [6.45, 7) is 8.67. The highest BCUT2D eigenvalue weighted by Gasteiger charge is 2.18. The molecular formula is C11H17ClOSi. The SMILES string of the molecule is CC(O[Si](C)(C)C)c1ccc(Cl)cc1. The Morgan fingerprint density at radius 1 is 1.14 bits per heavy atom. The van der Waals surface area contributed by atoms with Gasteiger partial charge >= 0.3 is 0 Å².